The molecule has 0 spiro atoms. The van der Waals surface area contributed by atoms with Gasteiger partial charge in [0.15, 0.2) is 0 Å². The summed E-state index contributed by atoms with van der Waals surface area (Å²) in [4.78, 5) is 0. The molecule has 0 saturated heterocycles. The van der Waals surface area contributed by atoms with Gasteiger partial charge in [0.2, 0.25) is 0 Å². The Hall–Kier alpha value is -0.890. The maximum Gasteiger partial charge on any atom is 0.122 e. The molecule has 66 valence electrons. The van der Waals surface area contributed by atoms with Crippen molar-refractivity contribution in [2.45, 2.75) is 26.1 Å². The van der Waals surface area contributed by atoms with Gasteiger partial charge in [0.05, 0.1) is 12.2 Å². The number of allylic oxidation sites excluding steroid dienone is 4. The minimum atomic E-state index is -0.235. The van der Waals surface area contributed by atoms with Crippen molar-refractivity contribution in [2.24, 2.45) is 0 Å². The van der Waals surface area contributed by atoms with Crippen LogP contribution >= 0.6 is 0 Å². The normalized spacial score (nSPS) is 22.7. The Labute approximate surface area is 72.2 Å². The summed E-state index contributed by atoms with van der Waals surface area (Å²) in [6.07, 6.45) is 8.09. The molecule has 0 amide bonds. The summed E-state index contributed by atoms with van der Waals surface area (Å²) in [5.41, 5.74) is 0. The molecule has 0 saturated carbocycles. The van der Waals surface area contributed by atoms with Crippen molar-refractivity contribution in [3.8, 4) is 0 Å². The third-order valence-corrected chi connectivity index (χ3v) is 1.43. The van der Waals surface area contributed by atoms with Crippen molar-refractivity contribution < 1.29 is 9.13 Å². The van der Waals surface area contributed by atoms with Gasteiger partial charge < -0.3 is 4.74 Å². The van der Waals surface area contributed by atoms with E-state index in [1.165, 1.54) is 12.2 Å². The first-order valence-electron chi connectivity index (χ1n) is 4.06. The Morgan fingerprint density at radius 1 is 1.42 bits per heavy atom. The van der Waals surface area contributed by atoms with E-state index in [2.05, 4.69) is 0 Å². The first-order chi connectivity index (χ1) is 5.68. The van der Waals surface area contributed by atoms with Gasteiger partial charge in [-0.1, -0.05) is 12.2 Å². The Morgan fingerprint density at radius 2 is 2.17 bits per heavy atom. The number of hydrogen-bond acceptors (Lipinski definition) is 1. The van der Waals surface area contributed by atoms with Crippen LogP contribution in [-0.4, -0.2) is 12.2 Å². The fourth-order valence-corrected chi connectivity index (χ4v) is 0.968. The third-order valence-electron chi connectivity index (χ3n) is 1.43. The van der Waals surface area contributed by atoms with E-state index in [1.54, 1.807) is 12.2 Å². The largest absolute Gasteiger partial charge is 0.367 e. The van der Waals surface area contributed by atoms with Crippen LogP contribution in [0.15, 0.2) is 36.2 Å². The van der Waals surface area contributed by atoms with Crippen molar-refractivity contribution in [1.29, 1.82) is 0 Å². The smallest absolute Gasteiger partial charge is 0.122 e. The lowest BCUT2D eigenvalue weighted by atomic mass is 10.3. The van der Waals surface area contributed by atoms with Crippen LogP contribution in [0.2, 0.25) is 0 Å². The van der Waals surface area contributed by atoms with Crippen LogP contribution in [0.4, 0.5) is 4.39 Å². The topological polar surface area (TPSA) is 9.23 Å². The minimum absolute atomic E-state index is 0.102. The standard InChI is InChI=1S/C10H13FO/c1-8(2)12-10-5-3-4-9(11)6-7-10/h3-8,10H,1-2H3. The maximum atomic E-state index is 12.6. The van der Waals surface area contributed by atoms with Crippen LogP contribution in [0.1, 0.15) is 13.8 Å². The van der Waals surface area contributed by atoms with Gasteiger partial charge in [-0.3, -0.25) is 0 Å². The summed E-state index contributed by atoms with van der Waals surface area (Å²) in [5.74, 6) is -0.235. The molecule has 0 aromatic heterocycles. The average molecular weight is 168 g/mol. The molecule has 12 heavy (non-hydrogen) atoms. The van der Waals surface area contributed by atoms with Gasteiger partial charge in [-0.05, 0) is 32.1 Å². The van der Waals surface area contributed by atoms with Crippen molar-refractivity contribution >= 4 is 0 Å². The van der Waals surface area contributed by atoms with Gasteiger partial charge in [0, 0.05) is 0 Å². The Bertz CT molecular complexity index is 226. The molecule has 1 aliphatic rings. The first kappa shape index (κ1) is 9.20. The number of hydrogen-bond donors (Lipinski definition) is 0. The summed E-state index contributed by atoms with van der Waals surface area (Å²) in [6.45, 7) is 3.91. The van der Waals surface area contributed by atoms with Gasteiger partial charge in [0.1, 0.15) is 5.83 Å². The fourth-order valence-electron chi connectivity index (χ4n) is 0.968. The summed E-state index contributed by atoms with van der Waals surface area (Å²) in [6, 6.07) is 0. The molecule has 0 fully saturated rings. The lowest BCUT2D eigenvalue weighted by Gasteiger charge is -2.12. The predicted molar refractivity (Wildman–Crippen MR) is 47.5 cm³/mol. The van der Waals surface area contributed by atoms with Gasteiger partial charge in [0.25, 0.3) is 0 Å². The molecular weight excluding hydrogens is 155 g/mol. The highest BCUT2D eigenvalue weighted by Crippen LogP contribution is 2.09. The van der Waals surface area contributed by atoms with E-state index in [4.69, 9.17) is 4.74 Å². The zero-order valence-electron chi connectivity index (χ0n) is 7.33. The van der Waals surface area contributed by atoms with Crippen LogP contribution in [0.25, 0.3) is 0 Å². The molecule has 0 bridgehead atoms. The lowest BCUT2D eigenvalue weighted by Crippen LogP contribution is -2.12. The number of halogens is 1. The second-order valence-corrected chi connectivity index (χ2v) is 2.95. The van der Waals surface area contributed by atoms with E-state index in [0.29, 0.717) is 0 Å². The minimum Gasteiger partial charge on any atom is -0.367 e. The van der Waals surface area contributed by atoms with Gasteiger partial charge >= 0.3 is 0 Å². The van der Waals surface area contributed by atoms with Gasteiger partial charge in [-0.15, -0.1) is 0 Å². The molecule has 1 unspecified atom stereocenters. The van der Waals surface area contributed by atoms with E-state index in [0.717, 1.165) is 0 Å². The second kappa shape index (κ2) is 4.21. The molecule has 1 atom stereocenters. The van der Waals surface area contributed by atoms with Gasteiger partial charge in [-0.2, -0.15) is 0 Å². The molecule has 0 aromatic carbocycles. The SMILES string of the molecule is CC(C)OC1C=CC=C(F)C=C1. The molecule has 2 heteroatoms. The Balaban J connectivity index is 2.55. The summed E-state index contributed by atoms with van der Waals surface area (Å²) in [5, 5.41) is 0. The molecule has 0 aliphatic heterocycles. The van der Waals surface area contributed by atoms with Gasteiger partial charge in [-0.25, -0.2) is 4.39 Å². The van der Waals surface area contributed by atoms with Crippen molar-refractivity contribution in [3.05, 3.63) is 36.2 Å². The highest BCUT2D eigenvalue weighted by atomic mass is 19.1. The molecule has 0 N–H and O–H groups in total. The van der Waals surface area contributed by atoms with E-state index in [-0.39, 0.29) is 18.0 Å². The summed E-state index contributed by atoms with van der Waals surface area (Å²) in [7, 11) is 0. The van der Waals surface area contributed by atoms with Crippen molar-refractivity contribution in [3.63, 3.8) is 0 Å². The Kier molecular flexibility index (Phi) is 3.23. The van der Waals surface area contributed by atoms with Crippen LogP contribution in [0.5, 0.6) is 0 Å². The maximum absolute atomic E-state index is 12.6. The monoisotopic (exact) mass is 168 g/mol. The van der Waals surface area contributed by atoms with E-state index < -0.39 is 0 Å². The highest BCUT2D eigenvalue weighted by molar-refractivity contribution is 5.24. The van der Waals surface area contributed by atoms with E-state index >= 15 is 0 Å². The number of rotatable bonds is 2. The van der Waals surface area contributed by atoms with Crippen LogP contribution in [-0.2, 0) is 4.74 Å². The van der Waals surface area contributed by atoms with E-state index in [1.807, 2.05) is 19.9 Å². The zero-order chi connectivity index (χ0) is 8.97. The van der Waals surface area contributed by atoms with Crippen LogP contribution in [0.3, 0.4) is 0 Å². The molecule has 1 rings (SSSR count). The zero-order valence-corrected chi connectivity index (χ0v) is 7.33. The van der Waals surface area contributed by atoms with E-state index in [9.17, 15) is 4.39 Å². The average Bonchev–Trinajstić information content (AvgIpc) is 2.15. The molecule has 1 nitrogen and oxygen atoms in total. The number of ether oxygens (including phenoxy) is 1. The molecular formula is C10H13FO. The summed E-state index contributed by atoms with van der Waals surface area (Å²) >= 11 is 0. The fraction of sp³-hybridized carbons (Fsp3) is 0.400. The van der Waals surface area contributed by atoms with Crippen molar-refractivity contribution in [1.82, 2.24) is 0 Å². The first-order valence-corrected chi connectivity index (χ1v) is 4.06. The Morgan fingerprint density at radius 3 is 2.83 bits per heavy atom. The van der Waals surface area contributed by atoms with Crippen LogP contribution < -0.4 is 0 Å². The third kappa shape index (κ3) is 3.01. The predicted octanol–water partition coefficient (Wildman–Crippen LogP) is 2.76. The molecule has 0 aromatic rings. The van der Waals surface area contributed by atoms with Crippen molar-refractivity contribution in [2.75, 3.05) is 0 Å². The molecule has 0 heterocycles. The molecule has 1 aliphatic carbocycles. The second-order valence-electron chi connectivity index (χ2n) is 2.95. The summed E-state index contributed by atoms with van der Waals surface area (Å²) < 4.78 is 18.1. The highest BCUT2D eigenvalue weighted by Gasteiger charge is 2.04. The molecule has 0 radical (unpaired) electrons. The lowest BCUT2D eigenvalue weighted by molar-refractivity contribution is 0.0614. The van der Waals surface area contributed by atoms with Crippen LogP contribution in [0, 0.1) is 0 Å². The quantitative estimate of drug-likeness (QED) is 0.616.